The van der Waals surface area contributed by atoms with E-state index in [9.17, 15) is 19.2 Å². The van der Waals surface area contributed by atoms with Gasteiger partial charge in [-0.3, -0.25) is 19.3 Å². The van der Waals surface area contributed by atoms with Crippen molar-refractivity contribution in [3.8, 4) is 11.3 Å². The lowest BCUT2D eigenvalue weighted by Gasteiger charge is -2.19. The molecule has 7 nitrogen and oxygen atoms in total. The van der Waals surface area contributed by atoms with E-state index in [2.05, 4.69) is 0 Å². The Labute approximate surface area is 243 Å². The van der Waals surface area contributed by atoms with Crippen LogP contribution < -0.4 is 4.90 Å². The van der Waals surface area contributed by atoms with Crippen molar-refractivity contribution in [2.24, 2.45) is 23.7 Å². The third-order valence-corrected chi connectivity index (χ3v) is 9.43. The number of fused-ring (bicyclic) bond motifs is 6. The lowest BCUT2D eigenvalue weighted by Crippen LogP contribution is -2.32. The number of anilines is 1. The number of nitrogens with zero attached hydrogens (tertiary/aromatic N) is 2. The van der Waals surface area contributed by atoms with Crippen LogP contribution in [0.4, 0.5) is 5.69 Å². The standard InChI is InChI=1S/C35H30N2O5/c1-19-10-11-22(14-20(19)2)30(38)18-42-35(41)27-17-29(36-28-9-4-3-8-26(27)28)21-6-5-7-25(16-21)37-33(39)31-23-12-13-24(15-23)32(31)34(37)40/h3-11,14,16-17,23-24,31-32H,12-13,15,18H2,1-2H3/t23-,24+,31-,32-/m0/s1. The summed E-state index contributed by atoms with van der Waals surface area (Å²) < 4.78 is 5.50. The second-order valence-electron chi connectivity index (χ2n) is 11.8. The Balaban J connectivity index is 1.18. The molecular weight excluding hydrogens is 528 g/mol. The van der Waals surface area contributed by atoms with Crippen LogP contribution in [0.15, 0.2) is 72.8 Å². The van der Waals surface area contributed by atoms with Gasteiger partial charge in [0.1, 0.15) is 0 Å². The summed E-state index contributed by atoms with van der Waals surface area (Å²) in [6.07, 6.45) is 3.03. The summed E-state index contributed by atoms with van der Waals surface area (Å²) in [6.45, 7) is 3.52. The first-order valence-corrected chi connectivity index (χ1v) is 14.5. The Morgan fingerprint density at radius 2 is 1.60 bits per heavy atom. The van der Waals surface area contributed by atoms with Crippen LogP contribution in [-0.4, -0.2) is 35.2 Å². The molecule has 7 heteroatoms. The highest BCUT2D eigenvalue weighted by Gasteiger charge is 2.61. The van der Waals surface area contributed by atoms with Crippen molar-refractivity contribution >= 4 is 40.2 Å². The molecule has 1 aliphatic heterocycles. The van der Waals surface area contributed by atoms with Gasteiger partial charge in [-0.1, -0.05) is 42.5 Å². The average Bonchev–Trinajstić information content (AvgIpc) is 3.70. The molecular formula is C35H30N2O5. The molecule has 2 saturated carbocycles. The zero-order valence-electron chi connectivity index (χ0n) is 23.5. The number of Topliss-reactive ketones (excluding diaryl/α,β-unsaturated/α-hetero) is 1. The van der Waals surface area contributed by atoms with Gasteiger partial charge in [-0.15, -0.1) is 0 Å². The van der Waals surface area contributed by atoms with Crippen LogP contribution in [0.3, 0.4) is 0 Å². The molecule has 2 bridgehead atoms. The summed E-state index contributed by atoms with van der Waals surface area (Å²) in [7, 11) is 0. The topological polar surface area (TPSA) is 93.6 Å². The Bertz CT molecular complexity index is 1780. The number of aromatic nitrogens is 1. The number of hydrogen-bond donors (Lipinski definition) is 0. The lowest BCUT2D eigenvalue weighted by molar-refractivity contribution is -0.123. The highest BCUT2D eigenvalue weighted by atomic mass is 16.5. The normalized spacial score (nSPS) is 22.6. The van der Waals surface area contributed by atoms with Crippen molar-refractivity contribution in [3.05, 3.63) is 95.1 Å². The van der Waals surface area contributed by atoms with E-state index in [1.54, 1.807) is 42.5 Å². The maximum Gasteiger partial charge on any atom is 0.339 e. The number of rotatable bonds is 6. The fourth-order valence-electron chi connectivity index (χ4n) is 7.17. The van der Waals surface area contributed by atoms with Gasteiger partial charge in [-0.2, -0.15) is 0 Å². The number of ketones is 1. The van der Waals surface area contributed by atoms with Crippen LogP contribution in [0.2, 0.25) is 0 Å². The van der Waals surface area contributed by atoms with Crippen molar-refractivity contribution in [1.82, 2.24) is 4.98 Å². The minimum atomic E-state index is -0.628. The van der Waals surface area contributed by atoms with Gasteiger partial charge in [0, 0.05) is 16.5 Å². The summed E-state index contributed by atoms with van der Waals surface area (Å²) in [5.74, 6) is -0.896. The Morgan fingerprint density at radius 3 is 2.33 bits per heavy atom. The molecule has 7 rings (SSSR count). The highest BCUT2D eigenvalue weighted by Crippen LogP contribution is 2.56. The summed E-state index contributed by atoms with van der Waals surface area (Å²) in [5, 5.41) is 0.606. The van der Waals surface area contributed by atoms with E-state index in [0.29, 0.717) is 45.2 Å². The van der Waals surface area contributed by atoms with Crippen molar-refractivity contribution in [3.63, 3.8) is 0 Å². The number of carbonyl (C=O) groups excluding carboxylic acids is 4. The van der Waals surface area contributed by atoms with E-state index in [1.807, 2.05) is 44.2 Å². The monoisotopic (exact) mass is 558 g/mol. The maximum atomic E-state index is 13.4. The molecule has 4 atom stereocenters. The molecule has 2 amide bonds. The number of benzene rings is 3. The molecule has 0 unspecified atom stereocenters. The van der Waals surface area contributed by atoms with E-state index in [1.165, 1.54) is 4.90 Å². The zero-order valence-corrected chi connectivity index (χ0v) is 23.5. The van der Waals surface area contributed by atoms with Crippen LogP contribution >= 0.6 is 0 Å². The third-order valence-electron chi connectivity index (χ3n) is 9.43. The second-order valence-corrected chi connectivity index (χ2v) is 11.8. The Kier molecular flexibility index (Phi) is 6.26. The molecule has 1 aromatic heterocycles. The van der Waals surface area contributed by atoms with Gasteiger partial charge in [-0.25, -0.2) is 9.78 Å². The highest BCUT2D eigenvalue weighted by molar-refractivity contribution is 6.22. The van der Waals surface area contributed by atoms with Crippen molar-refractivity contribution in [2.45, 2.75) is 33.1 Å². The molecule has 3 aromatic carbocycles. The number of amides is 2. The number of pyridine rings is 1. The molecule has 1 saturated heterocycles. The largest absolute Gasteiger partial charge is 0.454 e. The summed E-state index contributed by atoms with van der Waals surface area (Å²) >= 11 is 0. The van der Waals surface area contributed by atoms with Gasteiger partial charge in [-0.05, 0) is 86.4 Å². The van der Waals surface area contributed by atoms with E-state index in [0.717, 1.165) is 30.4 Å². The smallest absolute Gasteiger partial charge is 0.339 e. The van der Waals surface area contributed by atoms with Crippen molar-refractivity contribution < 1.29 is 23.9 Å². The van der Waals surface area contributed by atoms with E-state index in [4.69, 9.17) is 9.72 Å². The Morgan fingerprint density at radius 1 is 0.857 bits per heavy atom. The molecule has 3 fully saturated rings. The van der Waals surface area contributed by atoms with Gasteiger partial charge in [0.15, 0.2) is 12.4 Å². The van der Waals surface area contributed by atoms with Crippen LogP contribution in [0, 0.1) is 37.5 Å². The minimum absolute atomic E-state index is 0.0986. The van der Waals surface area contributed by atoms with Crippen molar-refractivity contribution in [2.75, 3.05) is 11.5 Å². The number of para-hydroxylation sites is 1. The van der Waals surface area contributed by atoms with E-state index < -0.39 is 5.97 Å². The predicted molar refractivity (Wildman–Crippen MR) is 158 cm³/mol. The maximum absolute atomic E-state index is 13.4. The molecule has 2 heterocycles. The first-order chi connectivity index (χ1) is 20.3. The van der Waals surface area contributed by atoms with E-state index >= 15 is 0 Å². The molecule has 3 aliphatic rings. The van der Waals surface area contributed by atoms with Crippen LogP contribution in [0.5, 0.6) is 0 Å². The molecule has 2 aliphatic carbocycles. The number of aryl methyl sites for hydroxylation is 2. The average molecular weight is 559 g/mol. The third kappa shape index (κ3) is 4.23. The summed E-state index contributed by atoms with van der Waals surface area (Å²) in [4.78, 5) is 59.1. The quantitative estimate of drug-likeness (QED) is 0.161. The fraction of sp³-hybridized carbons (Fsp3) is 0.286. The van der Waals surface area contributed by atoms with Crippen LogP contribution in [0.25, 0.3) is 22.2 Å². The lowest BCUT2D eigenvalue weighted by atomic mass is 9.81. The molecule has 42 heavy (non-hydrogen) atoms. The van der Waals surface area contributed by atoms with Gasteiger partial charge >= 0.3 is 5.97 Å². The van der Waals surface area contributed by atoms with Crippen molar-refractivity contribution in [1.29, 1.82) is 0 Å². The van der Waals surface area contributed by atoms with E-state index in [-0.39, 0.29) is 41.6 Å². The number of carbonyl (C=O) groups is 4. The van der Waals surface area contributed by atoms with Crippen LogP contribution in [-0.2, 0) is 14.3 Å². The van der Waals surface area contributed by atoms with Gasteiger partial charge < -0.3 is 4.74 Å². The zero-order chi connectivity index (χ0) is 29.1. The van der Waals surface area contributed by atoms with Gasteiger partial charge in [0.05, 0.1) is 34.3 Å². The predicted octanol–water partition coefficient (Wildman–Crippen LogP) is 6.09. The number of esters is 1. The number of hydrogen-bond acceptors (Lipinski definition) is 6. The molecule has 4 aromatic rings. The van der Waals surface area contributed by atoms with Gasteiger partial charge in [0.25, 0.3) is 0 Å². The SMILES string of the molecule is Cc1ccc(C(=O)COC(=O)c2cc(-c3cccc(N4C(=O)[C@H]5[C@@H]6CC[C@@H](C6)[C@@H]5C4=O)c3)nc3ccccc23)cc1C. The molecule has 0 radical (unpaired) electrons. The first-order valence-electron chi connectivity index (χ1n) is 14.5. The van der Waals surface area contributed by atoms with Gasteiger partial charge in [0.2, 0.25) is 11.8 Å². The summed E-state index contributed by atoms with van der Waals surface area (Å²) in [6, 6.07) is 21.5. The fourth-order valence-corrected chi connectivity index (χ4v) is 7.17. The first kappa shape index (κ1) is 26.3. The Hall–Kier alpha value is -4.65. The molecule has 0 N–H and O–H groups in total. The second kappa shape index (κ2) is 10.0. The number of imide groups is 1. The summed E-state index contributed by atoms with van der Waals surface area (Å²) in [5.41, 5.74) is 5.13. The number of ether oxygens (including phenoxy) is 1. The van der Waals surface area contributed by atoms with Crippen LogP contribution in [0.1, 0.15) is 51.1 Å². The molecule has 0 spiro atoms. The molecule has 210 valence electrons. The minimum Gasteiger partial charge on any atom is -0.454 e.